The summed E-state index contributed by atoms with van der Waals surface area (Å²) in [4.78, 5) is 57.0. The number of esters is 5. The smallest absolute Gasteiger partial charge is 0.303 e. The van der Waals surface area contributed by atoms with Crippen molar-refractivity contribution >= 4 is 29.8 Å². The zero-order valence-electron chi connectivity index (χ0n) is 16.7. The summed E-state index contributed by atoms with van der Waals surface area (Å²) in [6, 6.07) is 0. The monoisotopic (exact) mass is 406 g/mol. The molecule has 0 aromatic heterocycles. The van der Waals surface area contributed by atoms with Gasteiger partial charge in [-0.1, -0.05) is 0 Å². The van der Waals surface area contributed by atoms with Crippen molar-refractivity contribution in [3.05, 3.63) is 0 Å². The fourth-order valence-electron chi connectivity index (χ4n) is 2.20. The summed E-state index contributed by atoms with van der Waals surface area (Å²) in [5, 5.41) is 0. The van der Waals surface area contributed by atoms with Crippen LogP contribution in [0.25, 0.3) is 0 Å². The predicted molar refractivity (Wildman–Crippen MR) is 90.7 cm³/mol. The minimum Gasteiger partial charge on any atom is -0.463 e. The molecule has 28 heavy (non-hydrogen) atoms. The molecular formula is C17H26O11. The lowest BCUT2D eigenvalue weighted by Crippen LogP contribution is -2.53. The number of carbonyl (C=O) groups is 5. The fourth-order valence-corrected chi connectivity index (χ4v) is 2.20. The molecule has 0 spiro atoms. The number of methoxy groups -OCH3 is 1. The fraction of sp³-hybridized carbons (Fsp3) is 0.706. The highest BCUT2D eigenvalue weighted by atomic mass is 16.6. The molecule has 0 aromatic rings. The normalized spacial score (nSPS) is 14.6. The highest BCUT2D eigenvalue weighted by Gasteiger charge is 2.43. The number of hydrogen-bond acceptors (Lipinski definition) is 11. The summed E-state index contributed by atoms with van der Waals surface area (Å²) in [7, 11) is 1.25. The van der Waals surface area contributed by atoms with E-state index in [1.165, 1.54) is 14.0 Å². The lowest BCUT2D eigenvalue weighted by molar-refractivity contribution is -0.203. The van der Waals surface area contributed by atoms with Crippen LogP contribution in [0.15, 0.2) is 0 Å². The number of carbonyl (C=O) groups excluding carboxylic acids is 5. The van der Waals surface area contributed by atoms with E-state index < -0.39 is 60.9 Å². The Morgan fingerprint density at radius 2 is 0.929 bits per heavy atom. The van der Waals surface area contributed by atoms with Crippen molar-refractivity contribution in [2.24, 2.45) is 0 Å². The van der Waals surface area contributed by atoms with Gasteiger partial charge in [0.2, 0.25) is 0 Å². The van der Waals surface area contributed by atoms with E-state index >= 15 is 0 Å². The number of rotatable bonds is 11. The quantitative estimate of drug-likeness (QED) is 0.336. The summed E-state index contributed by atoms with van der Waals surface area (Å²) >= 11 is 0. The van der Waals surface area contributed by atoms with Gasteiger partial charge in [-0.15, -0.1) is 0 Å². The first-order valence-corrected chi connectivity index (χ1v) is 8.29. The van der Waals surface area contributed by atoms with E-state index in [-0.39, 0.29) is 6.61 Å². The molecule has 0 rings (SSSR count). The van der Waals surface area contributed by atoms with Crippen molar-refractivity contribution in [1.82, 2.24) is 0 Å². The van der Waals surface area contributed by atoms with Crippen LogP contribution in [0.2, 0.25) is 0 Å². The van der Waals surface area contributed by atoms with Crippen molar-refractivity contribution in [3.8, 4) is 0 Å². The maximum absolute atomic E-state index is 11.6. The summed E-state index contributed by atoms with van der Waals surface area (Å²) in [6.07, 6.45) is -5.15. The van der Waals surface area contributed by atoms with E-state index in [0.29, 0.717) is 0 Å². The molecular weight excluding hydrogens is 380 g/mol. The largest absolute Gasteiger partial charge is 0.463 e. The lowest BCUT2D eigenvalue weighted by atomic mass is 10.0. The average molecular weight is 406 g/mol. The van der Waals surface area contributed by atoms with Crippen LogP contribution in [0.1, 0.15) is 34.6 Å². The van der Waals surface area contributed by atoms with Gasteiger partial charge in [0.1, 0.15) is 19.3 Å². The van der Waals surface area contributed by atoms with Gasteiger partial charge in [0.05, 0.1) is 0 Å². The highest BCUT2D eigenvalue weighted by molar-refractivity contribution is 5.69. The molecule has 0 unspecified atom stereocenters. The van der Waals surface area contributed by atoms with Crippen molar-refractivity contribution in [2.45, 2.75) is 59.0 Å². The molecule has 160 valence electrons. The average Bonchev–Trinajstić information content (AvgIpc) is 2.55. The van der Waals surface area contributed by atoms with Gasteiger partial charge in [0, 0.05) is 41.7 Å². The maximum atomic E-state index is 11.6. The van der Waals surface area contributed by atoms with Gasteiger partial charge in [-0.3, -0.25) is 24.0 Å². The van der Waals surface area contributed by atoms with Crippen molar-refractivity contribution in [1.29, 1.82) is 0 Å². The third kappa shape index (κ3) is 10.5. The standard InChI is InChI=1S/C17H26O11/c1-9(18)24-7-14(23-6)16(27-12(4)21)17(28-13(5)22)15(26-11(3)20)8-25-10(2)19/h14-17H,7-8H2,1-6H3/t14-,15+,16+,17+/m0/s1. The minimum atomic E-state index is -1.41. The number of ether oxygens (including phenoxy) is 6. The summed E-state index contributed by atoms with van der Waals surface area (Å²) in [5.74, 6) is -3.61. The SMILES string of the molecule is CO[C@@H](COC(C)=O)[C@@H](OC(C)=O)[C@H](OC(C)=O)[C@@H](COC(C)=O)OC(C)=O. The molecule has 0 N–H and O–H groups in total. The Hall–Kier alpha value is -2.69. The third-order valence-electron chi connectivity index (χ3n) is 3.18. The molecule has 11 nitrogen and oxygen atoms in total. The first-order valence-electron chi connectivity index (χ1n) is 8.29. The van der Waals surface area contributed by atoms with E-state index in [0.717, 1.165) is 27.7 Å². The Morgan fingerprint density at radius 1 is 0.571 bits per heavy atom. The zero-order valence-corrected chi connectivity index (χ0v) is 16.7. The van der Waals surface area contributed by atoms with Crippen molar-refractivity contribution < 1.29 is 52.4 Å². The molecule has 0 bridgehead atoms. The van der Waals surface area contributed by atoms with E-state index in [4.69, 9.17) is 28.4 Å². The van der Waals surface area contributed by atoms with Gasteiger partial charge in [0.15, 0.2) is 18.3 Å². The van der Waals surface area contributed by atoms with Crippen LogP contribution in [-0.2, 0) is 52.4 Å². The molecule has 0 amide bonds. The Labute approximate surface area is 162 Å². The lowest BCUT2D eigenvalue weighted by Gasteiger charge is -2.34. The summed E-state index contributed by atoms with van der Waals surface area (Å²) in [6.45, 7) is 4.76. The molecule has 0 aromatic carbocycles. The Morgan fingerprint density at radius 3 is 1.25 bits per heavy atom. The Balaban J connectivity index is 5.93. The van der Waals surface area contributed by atoms with Crippen LogP contribution in [0.3, 0.4) is 0 Å². The molecule has 0 aliphatic heterocycles. The van der Waals surface area contributed by atoms with Gasteiger partial charge < -0.3 is 28.4 Å². The first kappa shape index (κ1) is 25.3. The number of hydrogen-bond donors (Lipinski definition) is 0. The molecule has 0 saturated heterocycles. The topological polar surface area (TPSA) is 141 Å². The van der Waals surface area contributed by atoms with Crippen LogP contribution >= 0.6 is 0 Å². The minimum absolute atomic E-state index is 0.345. The first-order chi connectivity index (χ1) is 13.0. The molecule has 0 saturated carbocycles. The summed E-state index contributed by atoms with van der Waals surface area (Å²) < 4.78 is 30.5. The van der Waals surface area contributed by atoms with E-state index in [2.05, 4.69) is 0 Å². The molecule has 0 fully saturated rings. The van der Waals surface area contributed by atoms with E-state index in [9.17, 15) is 24.0 Å². The van der Waals surface area contributed by atoms with Crippen molar-refractivity contribution in [2.75, 3.05) is 20.3 Å². The van der Waals surface area contributed by atoms with Crippen molar-refractivity contribution in [3.63, 3.8) is 0 Å². The van der Waals surface area contributed by atoms with Crippen LogP contribution < -0.4 is 0 Å². The molecule has 0 aliphatic carbocycles. The van der Waals surface area contributed by atoms with Crippen LogP contribution in [0.4, 0.5) is 0 Å². The molecule has 11 heteroatoms. The molecule has 0 heterocycles. The second-order valence-electron chi connectivity index (χ2n) is 5.68. The third-order valence-corrected chi connectivity index (χ3v) is 3.18. The molecule has 0 aliphatic rings. The maximum Gasteiger partial charge on any atom is 0.303 e. The van der Waals surface area contributed by atoms with Gasteiger partial charge in [-0.05, 0) is 0 Å². The van der Waals surface area contributed by atoms with E-state index in [1.807, 2.05) is 0 Å². The highest BCUT2D eigenvalue weighted by Crippen LogP contribution is 2.20. The van der Waals surface area contributed by atoms with E-state index in [1.54, 1.807) is 0 Å². The second kappa shape index (κ2) is 12.7. The van der Waals surface area contributed by atoms with Gasteiger partial charge in [-0.2, -0.15) is 0 Å². The molecule has 4 atom stereocenters. The van der Waals surface area contributed by atoms with Crippen LogP contribution in [0, 0.1) is 0 Å². The van der Waals surface area contributed by atoms with Gasteiger partial charge >= 0.3 is 29.8 Å². The Kier molecular flexibility index (Phi) is 11.4. The summed E-state index contributed by atoms with van der Waals surface area (Å²) in [5.41, 5.74) is 0. The second-order valence-corrected chi connectivity index (χ2v) is 5.68. The molecule has 0 radical (unpaired) electrons. The van der Waals surface area contributed by atoms with Crippen LogP contribution in [0.5, 0.6) is 0 Å². The Bertz CT molecular complexity index is 571. The predicted octanol–water partition coefficient (Wildman–Crippen LogP) is -0.0773. The van der Waals surface area contributed by atoms with Gasteiger partial charge in [0.25, 0.3) is 0 Å². The van der Waals surface area contributed by atoms with Gasteiger partial charge in [-0.25, -0.2) is 0 Å². The zero-order chi connectivity index (χ0) is 21.9. The van der Waals surface area contributed by atoms with Crippen LogP contribution in [-0.4, -0.2) is 74.6 Å².